The van der Waals surface area contributed by atoms with E-state index in [0.717, 1.165) is 12.1 Å². The van der Waals surface area contributed by atoms with Crippen LogP contribution in [0.5, 0.6) is 11.6 Å². The van der Waals surface area contributed by atoms with Gasteiger partial charge in [0.2, 0.25) is 11.8 Å². The number of aryl methyl sites for hydroxylation is 1. The van der Waals surface area contributed by atoms with E-state index < -0.39 is 0 Å². The van der Waals surface area contributed by atoms with Gasteiger partial charge in [-0.2, -0.15) is 10.2 Å². The van der Waals surface area contributed by atoms with Gasteiger partial charge in [-0.05, 0) is 31.5 Å². The molecule has 0 unspecified atom stereocenters. The Kier molecular flexibility index (Phi) is 3.94. The third kappa shape index (κ3) is 3.19. The first kappa shape index (κ1) is 12.8. The average Bonchev–Trinajstić information content (AvgIpc) is 2.42. The largest absolute Gasteiger partial charge is 0.439 e. The minimum Gasteiger partial charge on any atom is -0.439 e. The Hall–Kier alpha value is -2.61. The summed E-state index contributed by atoms with van der Waals surface area (Å²) in [4.78, 5) is 8.30. The molecule has 1 N–H and O–H groups in total. The molecule has 2 rings (SSSR count). The number of nitrogens with one attached hydrogen (secondary N) is 1. The van der Waals surface area contributed by atoms with E-state index in [1.807, 2.05) is 19.9 Å². The van der Waals surface area contributed by atoms with Crippen LogP contribution in [0.4, 0.5) is 5.95 Å². The van der Waals surface area contributed by atoms with Gasteiger partial charge in [-0.1, -0.05) is 6.07 Å². The van der Waals surface area contributed by atoms with Gasteiger partial charge in [0.05, 0.1) is 11.6 Å². The number of anilines is 1. The number of hydrogen-bond donors (Lipinski definition) is 1. The first-order valence-electron chi connectivity index (χ1n) is 5.98. The van der Waals surface area contributed by atoms with Gasteiger partial charge in [0.1, 0.15) is 5.75 Å². The van der Waals surface area contributed by atoms with Gasteiger partial charge in [0, 0.05) is 18.8 Å². The van der Waals surface area contributed by atoms with Crippen molar-refractivity contribution in [3.8, 4) is 17.7 Å². The lowest BCUT2D eigenvalue weighted by atomic mass is 10.1. The van der Waals surface area contributed by atoms with Crippen LogP contribution in [0.3, 0.4) is 0 Å². The fraction of sp³-hybridized carbons (Fsp3) is 0.214. The third-order valence-electron chi connectivity index (χ3n) is 2.50. The van der Waals surface area contributed by atoms with Crippen molar-refractivity contribution in [2.45, 2.75) is 13.8 Å². The summed E-state index contributed by atoms with van der Waals surface area (Å²) in [6.45, 7) is 4.63. The molecule has 5 nitrogen and oxygen atoms in total. The van der Waals surface area contributed by atoms with Crippen molar-refractivity contribution in [1.82, 2.24) is 9.97 Å². The number of benzene rings is 1. The molecule has 1 heterocycles. The van der Waals surface area contributed by atoms with Crippen LogP contribution < -0.4 is 10.1 Å². The molecule has 1 aromatic heterocycles. The molecule has 0 saturated heterocycles. The molecule has 0 saturated carbocycles. The summed E-state index contributed by atoms with van der Waals surface area (Å²) in [6.07, 6.45) is 1.63. The SMILES string of the molecule is CCNc1nccc(Oc2cc(C#N)ccc2C)n1. The second-order valence-electron chi connectivity index (χ2n) is 3.94. The molecule has 1 aromatic carbocycles. The summed E-state index contributed by atoms with van der Waals surface area (Å²) in [7, 11) is 0. The van der Waals surface area contributed by atoms with Crippen molar-refractivity contribution < 1.29 is 4.74 Å². The lowest BCUT2D eigenvalue weighted by molar-refractivity contribution is 0.459. The van der Waals surface area contributed by atoms with Crippen molar-refractivity contribution >= 4 is 5.95 Å². The maximum atomic E-state index is 8.89. The molecule has 0 atom stereocenters. The highest BCUT2D eigenvalue weighted by Crippen LogP contribution is 2.24. The molecule has 0 amide bonds. The summed E-state index contributed by atoms with van der Waals surface area (Å²) in [5, 5.41) is 11.9. The van der Waals surface area contributed by atoms with Gasteiger partial charge < -0.3 is 10.1 Å². The van der Waals surface area contributed by atoms with Gasteiger partial charge in [-0.15, -0.1) is 0 Å². The summed E-state index contributed by atoms with van der Waals surface area (Å²) >= 11 is 0. The number of hydrogen-bond acceptors (Lipinski definition) is 5. The number of nitriles is 1. The van der Waals surface area contributed by atoms with E-state index in [0.29, 0.717) is 23.1 Å². The van der Waals surface area contributed by atoms with Crippen LogP contribution in [0.1, 0.15) is 18.1 Å². The first-order chi connectivity index (χ1) is 9.22. The van der Waals surface area contributed by atoms with Gasteiger partial charge in [-0.25, -0.2) is 4.98 Å². The predicted octanol–water partition coefficient (Wildman–Crippen LogP) is 2.88. The van der Waals surface area contributed by atoms with E-state index in [-0.39, 0.29) is 0 Å². The van der Waals surface area contributed by atoms with Crippen LogP contribution >= 0.6 is 0 Å². The minimum absolute atomic E-state index is 0.448. The monoisotopic (exact) mass is 254 g/mol. The molecule has 2 aromatic rings. The molecule has 0 aliphatic heterocycles. The Morgan fingerprint density at radius 1 is 1.37 bits per heavy atom. The summed E-state index contributed by atoms with van der Waals surface area (Å²) < 4.78 is 5.70. The van der Waals surface area contributed by atoms with Gasteiger partial charge in [0.15, 0.2) is 0 Å². The van der Waals surface area contributed by atoms with Crippen molar-refractivity contribution in [2.24, 2.45) is 0 Å². The quantitative estimate of drug-likeness (QED) is 0.908. The average molecular weight is 254 g/mol. The van der Waals surface area contributed by atoms with Crippen LogP contribution in [0.25, 0.3) is 0 Å². The topological polar surface area (TPSA) is 70.8 Å². The number of ether oxygens (including phenoxy) is 1. The van der Waals surface area contributed by atoms with E-state index in [1.54, 1.807) is 24.4 Å². The second-order valence-corrected chi connectivity index (χ2v) is 3.94. The summed E-state index contributed by atoms with van der Waals surface area (Å²) in [6, 6.07) is 9.07. The lowest BCUT2D eigenvalue weighted by Gasteiger charge is -2.09. The van der Waals surface area contributed by atoms with Crippen molar-refractivity contribution in [2.75, 3.05) is 11.9 Å². The van der Waals surface area contributed by atoms with E-state index in [1.165, 1.54) is 0 Å². The molecular formula is C14H14N4O. The van der Waals surface area contributed by atoms with Crippen LogP contribution in [0.15, 0.2) is 30.5 Å². The molecule has 5 heteroatoms. The Bertz CT molecular complexity index is 619. The summed E-state index contributed by atoms with van der Waals surface area (Å²) in [5.74, 6) is 1.60. The molecule has 0 bridgehead atoms. The van der Waals surface area contributed by atoms with E-state index in [9.17, 15) is 0 Å². The smallest absolute Gasteiger partial charge is 0.225 e. The highest BCUT2D eigenvalue weighted by Gasteiger charge is 2.05. The highest BCUT2D eigenvalue weighted by molar-refractivity contribution is 5.43. The van der Waals surface area contributed by atoms with Gasteiger partial charge >= 0.3 is 0 Å². The highest BCUT2D eigenvalue weighted by atomic mass is 16.5. The van der Waals surface area contributed by atoms with Crippen LogP contribution in [-0.4, -0.2) is 16.5 Å². The maximum Gasteiger partial charge on any atom is 0.225 e. The minimum atomic E-state index is 0.448. The molecule has 0 spiro atoms. The normalized spacial score (nSPS) is 9.74. The number of nitrogens with zero attached hydrogens (tertiary/aromatic N) is 3. The Labute approximate surface area is 111 Å². The van der Waals surface area contributed by atoms with E-state index in [2.05, 4.69) is 21.4 Å². The van der Waals surface area contributed by atoms with E-state index in [4.69, 9.17) is 10.00 Å². The van der Waals surface area contributed by atoms with Crippen LogP contribution in [0.2, 0.25) is 0 Å². The van der Waals surface area contributed by atoms with Crippen LogP contribution in [0, 0.1) is 18.3 Å². The fourth-order valence-electron chi connectivity index (χ4n) is 1.53. The zero-order valence-corrected chi connectivity index (χ0v) is 10.8. The number of aromatic nitrogens is 2. The molecule has 0 radical (unpaired) electrons. The second kappa shape index (κ2) is 5.83. The summed E-state index contributed by atoms with van der Waals surface area (Å²) in [5.41, 5.74) is 1.50. The maximum absolute atomic E-state index is 8.89. The van der Waals surface area contributed by atoms with Crippen molar-refractivity contribution in [1.29, 1.82) is 5.26 Å². The molecule has 0 fully saturated rings. The molecule has 96 valence electrons. The molecule has 0 aliphatic rings. The predicted molar refractivity (Wildman–Crippen MR) is 72.2 cm³/mol. The number of rotatable bonds is 4. The molecular weight excluding hydrogens is 240 g/mol. The fourth-order valence-corrected chi connectivity index (χ4v) is 1.53. The Balaban J connectivity index is 2.26. The standard InChI is InChI=1S/C14H14N4O/c1-3-16-14-17-7-6-13(18-14)19-12-8-11(9-15)5-4-10(12)2/h4-8H,3H2,1-2H3,(H,16,17,18). The molecule has 0 aliphatic carbocycles. The van der Waals surface area contributed by atoms with Gasteiger partial charge in [-0.3, -0.25) is 0 Å². The zero-order chi connectivity index (χ0) is 13.7. The van der Waals surface area contributed by atoms with Gasteiger partial charge in [0.25, 0.3) is 0 Å². The Morgan fingerprint density at radius 3 is 2.95 bits per heavy atom. The lowest BCUT2D eigenvalue weighted by Crippen LogP contribution is -2.02. The van der Waals surface area contributed by atoms with E-state index >= 15 is 0 Å². The zero-order valence-electron chi connectivity index (χ0n) is 10.8. The third-order valence-corrected chi connectivity index (χ3v) is 2.50. The Morgan fingerprint density at radius 2 is 2.21 bits per heavy atom. The van der Waals surface area contributed by atoms with Crippen molar-refractivity contribution in [3.05, 3.63) is 41.6 Å². The van der Waals surface area contributed by atoms with Crippen molar-refractivity contribution in [3.63, 3.8) is 0 Å². The molecule has 19 heavy (non-hydrogen) atoms. The van der Waals surface area contributed by atoms with Crippen LogP contribution in [-0.2, 0) is 0 Å². The first-order valence-corrected chi connectivity index (χ1v) is 5.98.